The van der Waals surface area contributed by atoms with Gasteiger partial charge in [0, 0.05) is 43.0 Å². The van der Waals surface area contributed by atoms with E-state index in [1.165, 1.54) is 11.0 Å². The molecule has 186 valence electrons. The fourth-order valence-electron chi connectivity index (χ4n) is 4.11. The van der Waals surface area contributed by atoms with E-state index in [1.54, 1.807) is 43.5 Å². The van der Waals surface area contributed by atoms with E-state index >= 15 is 0 Å². The topological polar surface area (TPSA) is 88.2 Å². The van der Waals surface area contributed by atoms with Crippen molar-refractivity contribution in [3.8, 4) is 5.75 Å². The van der Waals surface area contributed by atoms with Crippen LogP contribution in [0.5, 0.6) is 5.75 Å². The maximum Gasteiger partial charge on any atom is 0.414 e. The van der Waals surface area contributed by atoms with Gasteiger partial charge in [-0.15, -0.1) is 0 Å². The van der Waals surface area contributed by atoms with E-state index in [9.17, 15) is 18.8 Å². The number of cyclic esters (lactones) is 1. The molecule has 35 heavy (non-hydrogen) atoms. The van der Waals surface area contributed by atoms with Gasteiger partial charge in [-0.05, 0) is 36.4 Å². The Morgan fingerprint density at radius 3 is 2.60 bits per heavy atom. The Labute approximate surface area is 207 Å². The molecule has 0 spiro atoms. The summed E-state index contributed by atoms with van der Waals surface area (Å²) in [5, 5.41) is 2.73. The van der Waals surface area contributed by atoms with Crippen molar-refractivity contribution >= 4 is 40.9 Å². The van der Waals surface area contributed by atoms with E-state index < -0.39 is 12.2 Å². The number of carbonyl (C=O) groups excluding carboxylic acids is 3. The van der Waals surface area contributed by atoms with Crippen LogP contribution in [-0.2, 0) is 9.53 Å². The Bertz CT molecular complexity index is 1080. The number of carbonyl (C=O) groups is 3. The van der Waals surface area contributed by atoms with Crippen molar-refractivity contribution in [2.24, 2.45) is 0 Å². The molecule has 2 saturated heterocycles. The molecule has 2 aliphatic rings. The zero-order chi connectivity index (χ0) is 24.8. The number of amides is 2. The lowest BCUT2D eigenvalue weighted by atomic mass is 10.1. The Morgan fingerprint density at radius 2 is 1.89 bits per heavy atom. The van der Waals surface area contributed by atoms with Gasteiger partial charge in [-0.25, -0.2) is 9.18 Å². The number of ketones is 1. The van der Waals surface area contributed by atoms with E-state index in [1.807, 2.05) is 16.7 Å². The van der Waals surface area contributed by atoms with Gasteiger partial charge in [-0.3, -0.25) is 14.5 Å². The van der Waals surface area contributed by atoms with Crippen LogP contribution in [0.25, 0.3) is 0 Å². The van der Waals surface area contributed by atoms with Crippen molar-refractivity contribution in [3.05, 3.63) is 53.8 Å². The average Bonchev–Trinajstić information content (AvgIpc) is 3.26. The average molecular weight is 502 g/mol. The van der Waals surface area contributed by atoms with Crippen molar-refractivity contribution in [3.63, 3.8) is 0 Å². The lowest BCUT2D eigenvalue weighted by Gasteiger charge is -2.32. The van der Waals surface area contributed by atoms with Gasteiger partial charge in [0.2, 0.25) is 5.91 Å². The van der Waals surface area contributed by atoms with Crippen LogP contribution in [0.1, 0.15) is 23.2 Å². The fraction of sp³-hybridized carbons (Fsp3) is 0.400. The summed E-state index contributed by atoms with van der Waals surface area (Å²) < 4.78 is 25.3. The molecule has 1 atom stereocenters. The first kappa shape index (κ1) is 24.8. The van der Waals surface area contributed by atoms with Crippen LogP contribution in [-0.4, -0.2) is 68.7 Å². The number of methoxy groups -OCH3 is 1. The second-order valence-electron chi connectivity index (χ2n) is 8.28. The third-order valence-electron chi connectivity index (χ3n) is 5.98. The van der Waals surface area contributed by atoms with Crippen molar-refractivity contribution in [1.82, 2.24) is 5.32 Å². The van der Waals surface area contributed by atoms with Crippen LogP contribution in [0.15, 0.2) is 42.5 Å². The molecule has 0 bridgehead atoms. The third-order valence-corrected chi connectivity index (χ3v) is 6.92. The molecule has 1 unspecified atom stereocenters. The minimum atomic E-state index is -0.572. The molecular formula is C25H28FN3O5S. The Kier molecular flexibility index (Phi) is 8.12. The van der Waals surface area contributed by atoms with E-state index in [4.69, 9.17) is 9.47 Å². The van der Waals surface area contributed by atoms with E-state index in [0.717, 1.165) is 11.5 Å². The molecule has 0 saturated carbocycles. The van der Waals surface area contributed by atoms with Gasteiger partial charge in [0.1, 0.15) is 17.7 Å². The van der Waals surface area contributed by atoms with Gasteiger partial charge in [0.05, 0.1) is 31.6 Å². The number of para-hydroxylation sites is 1. The first-order valence-corrected chi connectivity index (χ1v) is 12.6. The molecule has 2 heterocycles. The first-order chi connectivity index (χ1) is 17.0. The number of hydrogen-bond acceptors (Lipinski definition) is 7. The quantitative estimate of drug-likeness (QED) is 0.526. The van der Waals surface area contributed by atoms with E-state index in [-0.39, 0.29) is 43.4 Å². The lowest BCUT2D eigenvalue weighted by Crippen LogP contribution is -2.36. The molecule has 0 radical (unpaired) electrons. The van der Waals surface area contributed by atoms with Crippen LogP contribution < -0.4 is 19.9 Å². The highest BCUT2D eigenvalue weighted by molar-refractivity contribution is 7.99. The number of rotatable bonds is 9. The number of halogens is 1. The zero-order valence-corrected chi connectivity index (χ0v) is 20.3. The van der Waals surface area contributed by atoms with Gasteiger partial charge in [-0.1, -0.05) is 6.07 Å². The predicted octanol–water partition coefficient (Wildman–Crippen LogP) is 3.49. The third kappa shape index (κ3) is 6.05. The summed E-state index contributed by atoms with van der Waals surface area (Å²) in [5.74, 6) is 1.62. The van der Waals surface area contributed by atoms with Crippen LogP contribution >= 0.6 is 11.8 Å². The first-order valence-electron chi connectivity index (χ1n) is 11.5. The van der Waals surface area contributed by atoms with Crippen LogP contribution in [0.4, 0.5) is 20.6 Å². The maximum absolute atomic E-state index is 14.8. The van der Waals surface area contributed by atoms with Crippen molar-refractivity contribution in [2.75, 3.05) is 54.6 Å². The highest BCUT2D eigenvalue weighted by Crippen LogP contribution is 2.35. The van der Waals surface area contributed by atoms with Crippen molar-refractivity contribution < 1.29 is 28.2 Å². The number of ether oxygens (including phenoxy) is 2. The van der Waals surface area contributed by atoms with E-state index in [0.29, 0.717) is 35.8 Å². The molecule has 4 rings (SSSR count). The Hall–Kier alpha value is -3.27. The van der Waals surface area contributed by atoms with Gasteiger partial charge in [0.15, 0.2) is 5.78 Å². The molecule has 2 amide bonds. The fourth-order valence-corrected chi connectivity index (χ4v) is 5.01. The molecule has 8 nitrogen and oxygen atoms in total. The zero-order valence-electron chi connectivity index (χ0n) is 19.5. The van der Waals surface area contributed by atoms with Gasteiger partial charge < -0.3 is 19.7 Å². The highest BCUT2D eigenvalue weighted by atomic mass is 32.2. The molecule has 2 fully saturated rings. The molecular weight excluding hydrogens is 473 g/mol. The number of hydrogen-bond donors (Lipinski definition) is 1. The summed E-state index contributed by atoms with van der Waals surface area (Å²) in [6.45, 7) is 1.72. The number of nitrogens with zero attached hydrogens (tertiary/aromatic N) is 2. The lowest BCUT2D eigenvalue weighted by molar-refractivity contribution is -0.121. The summed E-state index contributed by atoms with van der Waals surface area (Å²) >= 11 is 1.82. The summed E-state index contributed by atoms with van der Waals surface area (Å²) in [6.07, 6.45) is -1.06. The smallest absolute Gasteiger partial charge is 0.414 e. The minimum Gasteiger partial charge on any atom is -0.497 e. The van der Waals surface area contributed by atoms with Crippen LogP contribution in [0, 0.1) is 5.82 Å². The molecule has 2 aromatic carbocycles. The second kappa shape index (κ2) is 11.4. The molecule has 2 aromatic rings. The molecule has 10 heteroatoms. The largest absolute Gasteiger partial charge is 0.497 e. The Balaban J connectivity index is 1.30. The summed E-state index contributed by atoms with van der Waals surface area (Å²) in [7, 11) is 1.55. The van der Waals surface area contributed by atoms with Gasteiger partial charge in [0.25, 0.3) is 0 Å². The number of Topliss-reactive ketones (excluding diaryl/α,β-unsaturated/α-hetero) is 1. The van der Waals surface area contributed by atoms with E-state index in [2.05, 4.69) is 5.32 Å². The molecule has 0 aromatic heterocycles. The second-order valence-corrected chi connectivity index (χ2v) is 9.50. The monoisotopic (exact) mass is 501 g/mol. The minimum absolute atomic E-state index is 0.0241. The number of anilines is 2. The van der Waals surface area contributed by atoms with Crippen molar-refractivity contribution in [1.29, 1.82) is 0 Å². The highest BCUT2D eigenvalue weighted by Gasteiger charge is 2.35. The summed E-state index contributed by atoms with van der Waals surface area (Å²) in [5.41, 5.74) is 1.39. The predicted molar refractivity (Wildman–Crippen MR) is 133 cm³/mol. The number of nitrogens with one attached hydrogen (secondary N) is 1. The summed E-state index contributed by atoms with van der Waals surface area (Å²) in [4.78, 5) is 40.6. The number of benzene rings is 2. The molecule has 2 aliphatic heterocycles. The SMILES string of the molecule is COc1ccc(C(=O)CCC(=O)NCC2CN(c3cccc(F)c3N3CCSCC3)C(=O)O2)cc1. The standard InChI is InChI=1S/C25H28FN3O5S/c1-33-18-7-5-17(6-8-18)22(30)9-10-23(31)27-15-19-16-29(25(32)34-19)21-4-2-3-20(26)24(21)28-11-13-35-14-12-28/h2-8,19H,9-16H2,1H3,(H,27,31). The van der Waals surface area contributed by atoms with Gasteiger partial charge >= 0.3 is 6.09 Å². The normalized spacial score (nSPS) is 17.8. The van der Waals surface area contributed by atoms with Gasteiger partial charge in [-0.2, -0.15) is 11.8 Å². The number of thioether (sulfide) groups is 1. The van der Waals surface area contributed by atoms with Crippen molar-refractivity contribution in [2.45, 2.75) is 18.9 Å². The summed E-state index contributed by atoms with van der Waals surface area (Å²) in [6, 6.07) is 11.4. The van der Waals surface area contributed by atoms with Crippen LogP contribution in [0.3, 0.4) is 0 Å². The Morgan fingerprint density at radius 1 is 1.14 bits per heavy atom. The van der Waals surface area contributed by atoms with Crippen LogP contribution in [0.2, 0.25) is 0 Å². The molecule has 0 aliphatic carbocycles. The maximum atomic E-state index is 14.8. The molecule has 1 N–H and O–H groups in total.